The standard InChI is InChI=1S/C23H26F3N3O4/c1-22(2,13-15-4-7-17(32-3)8-5-15)27-21(30)20-14-29(10-11-33-20)19-9-6-16(23(24,25)26)12-18(19)28-31/h4-9,12,20H,10-11,13-14H2,1-3H3,(H,27,30). The first-order valence-corrected chi connectivity index (χ1v) is 10.4. The third kappa shape index (κ3) is 6.22. The molecule has 1 atom stereocenters. The Bertz CT molecular complexity index is 993. The Morgan fingerprint density at radius 3 is 2.52 bits per heavy atom. The highest BCUT2D eigenvalue weighted by atomic mass is 19.4. The van der Waals surface area contributed by atoms with Crippen LogP contribution in [0, 0.1) is 4.91 Å². The minimum absolute atomic E-state index is 0.0817. The van der Waals surface area contributed by atoms with Crippen LogP contribution in [0.25, 0.3) is 0 Å². The van der Waals surface area contributed by atoms with E-state index in [1.807, 2.05) is 38.1 Å². The molecule has 1 heterocycles. The lowest BCUT2D eigenvalue weighted by Gasteiger charge is -2.36. The predicted octanol–water partition coefficient (Wildman–Crippen LogP) is 4.45. The number of nitroso groups, excluding NO2 is 1. The quantitative estimate of drug-likeness (QED) is 0.611. The first-order valence-electron chi connectivity index (χ1n) is 10.4. The molecule has 0 saturated carbocycles. The highest BCUT2D eigenvalue weighted by Gasteiger charge is 2.34. The SMILES string of the molecule is COc1ccc(CC(C)(C)NC(=O)C2CN(c3ccc(C(F)(F)F)cc3N=O)CCO2)cc1. The van der Waals surface area contributed by atoms with Crippen LogP contribution in [0.15, 0.2) is 47.6 Å². The van der Waals surface area contributed by atoms with E-state index in [0.29, 0.717) is 19.0 Å². The molecule has 7 nitrogen and oxygen atoms in total. The molecule has 178 valence electrons. The average molecular weight is 465 g/mol. The van der Waals surface area contributed by atoms with E-state index in [2.05, 4.69) is 10.5 Å². The number of benzene rings is 2. The third-order valence-electron chi connectivity index (χ3n) is 5.37. The van der Waals surface area contributed by atoms with Gasteiger partial charge in [-0.3, -0.25) is 4.79 Å². The summed E-state index contributed by atoms with van der Waals surface area (Å²) in [5.41, 5.74) is -0.619. The van der Waals surface area contributed by atoms with Crippen LogP contribution in [0.4, 0.5) is 24.5 Å². The summed E-state index contributed by atoms with van der Waals surface area (Å²) in [5.74, 6) is 0.398. The fraction of sp³-hybridized carbons (Fsp3) is 0.435. The molecule has 0 aliphatic carbocycles. The Kier molecular flexibility index (Phi) is 7.26. The minimum atomic E-state index is -4.58. The molecule has 1 N–H and O–H groups in total. The lowest BCUT2D eigenvalue weighted by Crippen LogP contribution is -2.55. The van der Waals surface area contributed by atoms with Gasteiger partial charge in [0.15, 0.2) is 6.10 Å². The lowest BCUT2D eigenvalue weighted by atomic mass is 9.94. The molecule has 3 rings (SSSR count). The van der Waals surface area contributed by atoms with Gasteiger partial charge in [0.25, 0.3) is 5.91 Å². The average Bonchev–Trinajstić information content (AvgIpc) is 2.78. The van der Waals surface area contributed by atoms with Crippen molar-refractivity contribution in [3.63, 3.8) is 0 Å². The largest absolute Gasteiger partial charge is 0.497 e. The summed E-state index contributed by atoms with van der Waals surface area (Å²) in [7, 11) is 1.59. The molecular weight excluding hydrogens is 439 g/mol. The van der Waals surface area contributed by atoms with E-state index >= 15 is 0 Å². The summed E-state index contributed by atoms with van der Waals surface area (Å²) in [5, 5.41) is 5.74. The van der Waals surface area contributed by atoms with Gasteiger partial charge in [0.05, 0.1) is 31.5 Å². The highest BCUT2D eigenvalue weighted by molar-refractivity contribution is 5.83. The first kappa shape index (κ1) is 24.5. The summed E-state index contributed by atoms with van der Waals surface area (Å²) in [4.78, 5) is 25.7. The van der Waals surface area contributed by atoms with Crippen LogP contribution in [-0.2, 0) is 22.1 Å². The van der Waals surface area contributed by atoms with Crippen molar-refractivity contribution in [2.24, 2.45) is 5.18 Å². The number of carbonyl (C=O) groups is 1. The second-order valence-corrected chi connectivity index (χ2v) is 8.50. The Morgan fingerprint density at radius 2 is 1.91 bits per heavy atom. The number of rotatable bonds is 7. The van der Waals surface area contributed by atoms with Crippen LogP contribution < -0.4 is 15.0 Å². The maximum atomic E-state index is 13.0. The van der Waals surface area contributed by atoms with Gasteiger partial charge in [-0.1, -0.05) is 12.1 Å². The summed E-state index contributed by atoms with van der Waals surface area (Å²) >= 11 is 0. The third-order valence-corrected chi connectivity index (χ3v) is 5.37. The molecule has 1 unspecified atom stereocenters. The highest BCUT2D eigenvalue weighted by Crippen LogP contribution is 2.37. The Labute approximate surface area is 189 Å². The van der Waals surface area contributed by atoms with Crippen molar-refractivity contribution in [1.82, 2.24) is 5.32 Å². The molecule has 0 aromatic heterocycles. The summed E-state index contributed by atoms with van der Waals surface area (Å²) in [6, 6.07) is 10.3. The zero-order chi connectivity index (χ0) is 24.2. The van der Waals surface area contributed by atoms with Crippen molar-refractivity contribution in [2.45, 2.75) is 38.1 Å². The van der Waals surface area contributed by atoms with E-state index in [-0.39, 0.29) is 30.4 Å². The number of nitrogens with one attached hydrogen (secondary N) is 1. The minimum Gasteiger partial charge on any atom is -0.497 e. The van der Waals surface area contributed by atoms with Gasteiger partial charge >= 0.3 is 6.18 Å². The molecule has 1 aliphatic heterocycles. The molecule has 2 aromatic rings. The molecule has 1 aliphatic rings. The molecule has 0 radical (unpaired) electrons. The van der Waals surface area contributed by atoms with Gasteiger partial charge in [-0.15, -0.1) is 4.91 Å². The van der Waals surface area contributed by atoms with Crippen molar-refractivity contribution >= 4 is 17.3 Å². The number of nitrogens with zero attached hydrogens (tertiary/aromatic N) is 2. The lowest BCUT2D eigenvalue weighted by molar-refractivity contribution is -0.137. The van der Waals surface area contributed by atoms with Crippen molar-refractivity contribution in [3.05, 3.63) is 58.5 Å². The fourth-order valence-electron chi connectivity index (χ4n) is 3.78. The normalized spacial score (nSPS) is 16.9. The van der Waals surface area contributed by atoms with Crippen LogP contribution >= 0.6 is 0 Å². The molecular formula is C23H26F3N3O4. The number of morpholine rings is 1. The van der Waals surface area contributed by atoms with Crippen molar-refractivity contribution in [1.29, 1.82) is 0 Å². The van der Waals surface area contributed by atoms with Crippen molar-refractivity contribution in [3.8, 4) is 5.75 Å². The maximum absolute atomic E-state index is 13.0. The van der Waals surface area contributed by atoms with Gasteiger partial charge in [0.1, 0.15) is 11.4 Å². The van der Waals surface area contributed by atoms with Gasteiger partial charge < -0.3 is 19.7 Å². The number of methoxy groups -OCH3 is 1. The van der Waals surface area contributed by atoms with Crippen molar-refractivity contribution < 1.29 is 27.4 Å². The number of amides is 1. The topological polar surface area (TPSA) is 80.2 Å². The smallest absolute Gasteiger partial charge is 0.416 e. The monoisotopic (exact) mass is 465 g/mol. The van der Waals surface area contributed by atoms with Crippen LogP contribution in [0.2, 0.25) is 0 Å². The number of carbonyl (C=O) groups excluding carboxylic acids is 1. The van der Waals surface area contributed by atoms with E-state index in [9.17, 15) is 22.9 Å². The molecule has 0 spiro atoms. The van der Waals surface area contributed by atoms with E-state index in [4.69, 9.17) is 9.47 Å². The van der Waals surface area contributed by atoms with E-state index in [1.54, 1.807) is 12.0 Å². The maximum Gasteiger partial charge on any atom is 0.416 e. The zero-order valence-electron chi connectivity index (χ0n) is 18.6. The zero-order valence-corrected chi connectivity index (χ0v) is 18.6. The van der Waals surface area contributed by atoms with E-state index in [1.165, 1.54) is 6.07 Å². The first-order chi connectivity index (χ1) is 15.5. The molecule has 1 fully saturated rings. The molecule has 2 aromatic carbocycles. The van der Waals surface area contributed by atoms with Gasteiger partial charge in [0, 0.05) is 12.1 Å². The number of anilines is 1. The van der Waals surface area contributed by atoms with Gasteiger partial charge in [-0.25, -0.2) is 0 Å². The second kappa shape index (κ2) is 9.78. The van der Waals surface area contributed by atoms with Gasteiger partial charge in [-0.2, -0.15) is 13.2 Å². The number of hydrogen-bond acceptors (Lipinski definition) is 6. The Balaban J connectivity index is 1.68. The number of ether oxygens (including phenoxy) is 2. The molecule has 0 bridgehead atoms. The van der Waals surface area contributed by atoms with Crippen molar-refractivity contribution in [2.75, 3.05) is 31.7 Å². The van der Waals surface area contributed by atoms with Crippen LogP contribution in [0.5, 0.6) is 5.75 Å². The summed E-state index contributed by atoms with van der Waals surface area (Å²) in [6.07, 6.45) is -4.87. The molecule has 33 heavy (non-hydrogen) atoms. The van der Waals surface area contributed by atoms with Crippen LogP contribution in [-0.4, -0.2) is 44.4 Å². The van der Waals surface area contributed by atoms with E-state index < -0.39 is 23.4 Å². The second-order valence-electron chi connectivity index (χ2n) is 8.50. The molecule has 1 amide bonds. The number of alkyl halides is 3. The Morgan fingerprint density at radius 1 is 1.21 bits per heavy atom. The molecule has 1 saturated heterocycles. The van der Waals surface area contributed by atoms with Crippen LogP contribution in [0.1, 0.15) is 25.0 Å². The predicted molar refractivity (Wildman–Crippen MR) is 118 cm³/mol. The summed E-state index contributed by atoms with van der Waals surface area (Å²) < 4.78 is 49.7. The summed E-state index contributed by atoms with van der Waals surface area (Å²) in [6.45, 7) is 4.35. The number of hydrogen-bond donors (Lipinski definition) is 1. The molecule has 10 heteroatoms. The van der Waals surface area contributed by atoms with E-state index in [0.717, 1.165) is 17.4 Å². The Hall–Kier alpha value is -3.14. The van der Waals surface area contributed by atoms with Gasteiger partial charge in [0.2, 0.25) is 0 Å². The van der Waals surface area contributed by atoms with Crippen LogP contribution in [0.3, 0.4) is 0 Å². The van der Waals surface area contributed by atoms with Gasteiger partial charge in [-0.05, 0) is 61.3 Å². The fourth-order valence-corrected chi connectivity index (χ4v) is 3.78. The number of halogens is 3.